The number of aryl methyl sites for hydroxylation is 1. The van der Waals surface area contributed by atoms with Crippen molar-refractivity contribution in [2.24, 2.45) is 0 Å². The van der Waals surface area contributed by atoms with Crippen LogP contribution in [0, 0.1) is 6.92 Å². The maximum atomic E-state index is 12.3. The van der Waals surface area contributed by atoms with Crippen molar-refractivity contribution >= 4 is 17.7 Å². The van der Waals surface area contributed by atoms with E-state index in [-0.39, 0.29) is 25.2 Å². The summed E-state index contributed by atoms with van der Waals surface area (Å²) in [5, 5.41) is 9.14. The van der Waals surface area contributed by atoms with Crippen molar-refractivity contribution in [2.45, 2.75) is 25.8 Å². The van der Waals surface area contributed by atoms with Gasteiger partial charge < -0.3 is 10.0 Å². The summed E-state index contributed by atoms with van der Waals surface area (Å²) in [6.45, 7) is 1.73. The topological polar surface area (TPSA) is 74.7 Å². The summed E-state index contributed by atoms with van der Waals surface area (Å²) in [5.74, 6) is -1.56. The predicted octanol–water partition coefficient (Wildman–Crippen LogP) is 1.25. The molecule has 1 atom stereocenters. The summed E-state index contributed by atoms with van der Waals surface area (Å²) < 4.78 is 0. The average Bonchev–Trinajstić information content (AvgIpc) is 2.37. The van der Waals surface area contributed by atoms with Crippen LogP contribution < -0.4 is 0 Å². The molecular weight excluding hydrogens is 246 g/mol. The molecule has 0 spiro atoms. The van der Waals surface area contributed by atoms with Gasteiger partial charge in [0.25, 0.3) is 5.91 Å². The van der Waals surface area contributed by atoms with Gasteiger partial charge in [0, 0.05) is 12.0 Å². The van der Waals surface area contributed by atoms with Crippen LogP contribution in [0.3, 0.4) is 0 Å². The van der Waals surface area contributed by atoms with Gasteiger partial charge in [-0.2, -0.15) is 0 Å². The summed E-state index contributed by atoms with van der Waals surface area (Å²) in [7, 11) is 0. The van der Waals surface area contributed by atoms with Crippen molar-refractivity contribution < 1.29 is 19.5 Å². The lowest BCUT2D eigenvalue weighted by Crippen LogP contribution is -2.50. The first kappa shape index (κ1) is 13.3. The highest BCUT2D eigenvalue weighted by Gasteiger charge is 2.35. The van der Waals surface area contributed by atoms with Crippen LogP contribution in [-0.4, -0.2) is 40.3 Å². The number of carboxylic acid groups (broad SMARTS) is 1. The first-order chi connectivity index (χ1) is 8.99. The van der Waals surface area contributed by atoms with E-state index in [0.29, 0.717) is 5.56 Å². The molecule has 1 unspecified atom stereocenters. The van der Waals surface area contributed by atoms with E-state index < -0.39 is 17.9 Å². The molecule has 1 aliphatic rings. The van der Waals surface area contributed by atoms with E-state index in [1.54, 1.807) is 18.2 Å². The molecule has 1 aromatic carbocycles. The smallest absolute Gasteiger partial charge is 0.326 e. The molecule has 5 heteroatoms. The Balaban J connectivity index is 2.28. The molecule has 1 amide bonds. The second kappa shape index (κ2) is 5.22. The zero-order valence-electron chi connectivity index (χ0n) is 10.6. The van der Waals surface area contributed by atoms with Crippen LogP contribution >= 0.6 is 0 Å². The Hall–Kier alpha value is -2.17. The van der Waals surface area contributed by atoms with Gasteiger partial charge in [-0.15, -0.1) is 0 Å². The molecule has 1 fully saturated rings. The second-order valence-electron chi connectivity index (χ2n) is 4.73. The van der Waals surface area contributed by atoms with Crippen molar-refractivity contribution in [2.75, 3.05) is 6.54 Å². The van der Waals surface area contributed by atoms with Crippen molar-refractivity contribution in [1.29, 1.82) is 0 Å². The zero-order chi connectivity index (χ0) is 14.0. The van der Waals surface area contributed by atoms with Crippen LogP contribution in [0.1, 0.15) is 28.8 Å². The van der Waals surface area contributed by atoms with E-state index in [1.165, 1.54) is 0 Å². The van der Waals surface area contributed by atoms with E-state index in [0.717, 1.165) is 10.5 Å². The van der Waals surface area contributed by atoms with Crippen molar-refractivity contribution in [1.82, 2.24) is 4.90 Å². The molecule has 0 aliphatic carbocycles. The number of rotatable bonds is 2. The number of Topliss-reactive ketones (excluding diaryl/α,β-unsaturated/α-hetero) is 1. The van der Waals surface area contributed by atoms with Crippen molar-refractivity contribution in [3.63, 3.8) is 0 Å². The van der Waals surface area contributed by atoms with Crippen LogP contribution in [0.5, 0.6) is 0 Å². The van der Waals surface area contributed by atoms with E-state index in [4.69, 9.17) is 5.11 Å². The van der Waals surface area contributed by atoms with E-state index in [2.05, 4.69) is 0 Å². The van der Waals surface area contributed by atoms with Gasteiger partial charge in [0.05, 0.1) is 6.54 Å². The van der Waals surface area contributed by atoms with Crippen LogP contribution in [-0.2, 0) is 9.59 Å². The Morgan fingerprint density at radius 1 is 1.37 bits per heavy atom. The number of hydrogen-bond acceptors (Lipinski definition) is 3. The summed E-state index contributed by atoms with van der Waals surface area (Å²) >= 11 is 0. The van der Waals surface area contributed by atoms with Crippen LogP contribution in [0.25, 0.3) is 0 Å². The minimum atomic E-state index is -1.06. The van der Waals surface area contributed by atoms with Gasteiger partial charge in [-0.3, -0.25) is 9.59 Å². The number of benzene rings is 1. The molecule has 1 heterocycles. The van der Waals surface area contributed by atoms with Crippen LogP contribution in [0.2, 0.25) is 0 Å². The van der Waals surface area contributed by atoms with Crippen molar-refractivity contribution in [3.05, 3.63) is 35.4 Å². The monoisotopic (exact) mass is 261 g/mol. The number of carbonyl (C=O) groups is 3. The molecule has 2 rings (SSSR count). The zero-order valence-corrected chi connectivity index (χ0v) is 10.6. The molecule has 0 saturated carbocycles. The highest BCUT2D eigenvalue weighted by Crippen LogP contribution is 2.18. The molecular formula is C14H15NO4. The normalized spacial score (nSPS) is 19.3. The molecule has 5 nitrogen and oxygen atoms in total. The fourth-order valence-electron chi connectivity index (χ4n) is 2.25. The molecule has 1 N–H and O–H groups in total. The largest absolute Gasteiger partial charge is 0.480 e. The van der Waals surface area contributed by atoms with Gasteiger partial charge in [0.2, 0.25) is 0 Å². The number of carboxylic acids is 1. The SMILES string of the molecule is Cc1cccc(C(=O)N2CC(=O)CCC2C(=O)O)c1. The average molecular weight is 261 g/mol. The first-order valence-electron chi connectivity index (χ1n) is 6.11. The fraction of sp³-hybridized carbons (Fsp3) is 0.357. The Kier molecular flexibility index (Phi) is 3.64. The molecule has 1 aromatic rings. The van der Waals surface area contributed by atoms with Gasteiger partial charge in [0.1, 0.15) is 6.04 Å². The molecule has 0 radical (unpaired) electrons. The Morgan fingerprint density at radius 3 is 2.74 bits per heavy atom. The summed E-state index contributed by atoms with van der Waals surface area (Å²) in [6, 6.07) is 6.01. The lowest BCUT2D eigenvalue weighted by atomic mass is 9.99. The number of nitrogens with zero attached hydrogens (tertiary/aromatic N) is 1. The van der Waals surface area contributed by atoms with Crippen LogP contribution in [0.4, 0.5) is 0 Å². The number of aliphatic carboxylic acids is 1. The Labute approximate surface area is 110 Å². The van der Waals surface area contributed by atoms with Crippen LogP contribution in [0.15, 0.2) is 24.3 Å². The second-order valence-corrected chi connectivity index (χ2v) is 4.73. The summed E-state index contributed by atoms with van der Waals surface area (Å²) in [4.78, 5) is 36.1. The maximum Gasteiger partial charge on any atom is 0.326 e. The number of hydrogen-bond donors (Lipinski definition) is 1. The first-order valence-corrected chi connectivity index (χ1v) is 6.11. The Morgan fingerprint density at radius 2 is 2.11 bits per heavy atom. The van der Waals surface area contributed by atoms with Gasteiger partial charge in [-0.05, 0) is 25.5 Å². The molecule has 0 aromatic heterocycles. The lowest BCUT2D eigenvalue weighted by molar-refractivity contribution is -0.144. The fourth-order valence-corrected chi connectivity index (χ4v) is 2.25. The van der Waals surface area contributed by atoms with Gasteiger partial charge in [-0.1, -0.05) is 17.7 Å². The Bertz CT molecular complexity index is 538. The number of ketones is 1. The quantitative estimate of drug-likeness (QED) is 0.869. The molecule has 1 saturated heterocycles. The molecule has 1 aliphatic heterocycles. The highest BCUT2D eigenvalue weighted by atomic mass is 16.4. The number of carbonyl (C=O) groups excluding carboxylic acids is 2. The summed E-state index contributed by atoms with van der Waals surface area (Å²) in [6.07, 6.45) is 0.403. The van der Waals surface area contributed by atoms with Gasteiger partial charge in [0.15, 0.2) is 5.78 Å². The number of likely N-dealkylation sites (tertiary alicyclic amines) is 1. The predicted molar refractivity (Wildman–Crippen MR) is 67.9 cm³/mol. The summed E-state index contributed by atoms with van der Waals surface area (Å²) in [5.41, 5.74) is 1.34. The highest BCUT2D eigenvalue weighted by molar-refractivity contribution is 6.00. The minimum absolute atomic E-state index is 0.0986. The molecule has 19 heavy (non-hydrogen) atoms. The third-order valence-electron chi connectivity index (χ3n) is 3.23. The van der Waals surface area contributed by atoms with E-state index >= 15 is 0 Å². The van der Waals surface area contributed by atoms with E-state index in [9.17, 15) is 14.4 Å². The lowest BCUT2D eigenvalue weighted by Gasteiger charge is -2.32. The third-order valence-corrected chi connectivity index (χ3v) is 3.23. The maximum absolute atomic E-state index is 12.3. The standard InChI is InChI=1S/C14H15NO4/c1-9-3-2-4-10(7-9)13(17)15-8-11(16)5-6-12(15)14(18)19/h2-4,7,12H,5-6,8H2,1H3,(H,18,19). The third kappa shape index (κ3) is 2.81. The molecule has 100 valence electrons. The number of piperidine rings is 1. The van der Waals surface area contributed by atoms with Crippen molar-refractivity contribution in [3.8, 4) is 0 Å². The van der Waals surface area contributed by atoms with Gasteiger partial charge in [-0.25, -0.2) is 4.79 Å². The number of amides is 1. The van der Waals surface area contributed by atoms with E-state index in [1.807, 2.05) is 13.0 Å². The molecule has 0 bridgehead atoms. The van der Waals surface area contributed by atoms with Gasteiger partial charge >= 0.3 is 5.97 Å². The minimum Gasteiger partial charge on any atom is -0.480 e.